The molecule has 1 aromatic rings. The van der Waals surface area contributed by atoms with Crippen molar-refractivity contribution in [2.45, 2.75) is 6.92 Å². The quantitative estimate of drug-likeness (QED) is 0.834. The topological polar surface area (TPSA) is 29.5 Å². The van der Waals surface area contributed by atoms with E-state index in [1.165, 1.54) is 0 Å². The highest BCUT2D eigenvalue weighted by atomic mass is 79.9. The molecule has 0 bridgehead atoms. The van der Waals surface area contributed by atoms with Crippen molar-refractivity contribution < 1.29 is 9.53 Å². The fourth-order valence-corrected chi connectivity index (χ4v) is 2.29. The van der Waals surface area contributed by atoms with Crippen molar-refractivity contribution in [1.29, 1.82) is 0 Å². The smallest absolute Gasteiger partial charge is 0.255 e. The Morgan fingerprint density at radius 3 is 2.76 bits per heavy atom. The predicted octanol–water partition coefficient (Wildman–Crippen LogP) is 3.21. The van der Waals surface area contributed by atoms with Crippen LogP contribution in [0, 0.1) is 0 Å². The van der Waals surface area contributed by atoms with E-state index in [1.807, 2.05) is 6.92 Å². The van der Waals surface area contributed by atoms with Gasteiger partial charge in [0.15, 0.2) is 0 Å². The third kappa shape index (κ3) is 3.98. The van der Waals surface area contributed by atoms with Gasteiger partial charge in [-0.25, -0.2) is 0 Å². The average molecular weight is 321 g/mol. The molecule has 0 aliphatic rings. The van der Waals surface area contributed by atoms with E-state index in [-0.39, 0.29) is 5.91 Å². The third-order valence-electron chi connectivity index (χ3n) is 2.40. The zero-order valence-electron chi connectivity index (χ0n) is 9.87. The molecular formula is C12H15BrClNO2. The van der Waals surface area contributed by atoms with Crippen LogP contribution in [0.3, 0.4) is 0 Å². The van der Waals surface area contributed by atoms with Crippen LogP contribution in [0.4, 0.5) is 0 Å². The maximum atomic E-state index is 12.2. The number of rotatable bonds is 5. The van der Waals surface area contributed by atoms with Crippen LogP contribution in [-0.2, 0) is 4.74 Å². The van der Waals surface area contributed by atoms with Gasteiger partial charge in [0, 0.05) is 29.7 Å². The largest absolute Gasteiger partial charge is 0.383 e. The van der Waals surface area contributed by atoms with E-state index in [0.29, 0.717) is 34.8 Å². The van der Waals surface area contributed by atoms with Crippen molar-refractivity contribution in [2.24, 2.45) is 0 Å². The predicted molar refractivity (Wildman–Crippen MR) is 72.6 cm³/mol. The van der Waals surface area contributed by atoms with Gasteiger partial charge in [-0.1, -0.05) is 11.6 Å². The van der Waals surface area contributed by atoms with Gasteiger partial charge >= 0.3 is 0 Å². The van der Waals surface area contributed by atoms with Crippen LogP contribution in [-0.4, -0.2) is 37.6 Å². The van der Waals surface area contributed by atoms with Crippen molar-refractivity contribution in [3.05, 3.63) is 33.3 Å². The van der Waals surface area contributed by atoms with E-state index in [2.05, 4.69) is 15.9 Å². The zero-order valence-corrected chi connectivity index (χ0v) is 12.2. The molecule has 1 amide bonds. The first-order valence-corrected chi connectivity index (χ1v) is 6.50. The molecule has 0 radical (unpaired) electrons. The van der Waals surface area contributed by atoms with Gasteiger partial charge in [0.2, 0.25) is 0 Å². The number of halogens is 2. The highest BCUT2D eigenvalue weighted by molar-refractivity contribution is 9.10. The maximum Gasteiger partial charge on any atom is 0.255 e. The van der Waals surface area contributed by atoms with E-state index in [9.17, 15) is 4.79 Å². The highest BCUT2D eigenvalue weighted by Gasteiger charge is 2.16. The Hall–Kier alpha value is -0.580. The van der Waals surface area contributed by atoms with Crippen LogP contribution in [0.25, 0.3) is 0 Å². The van der Waals surface area contributed by atoms with E-state index in [0.717, 1.165) is 0 Å². The van der Waals surface area contributed by atoms with Gasteiger partial charge in [0.05, 0.1) is 12.2 Å². The van der Waals surface area contributed by atoms with Gasteiger partial charge in [-0.15, -0.1) is 0 Å². The van der Waals surface area contributed by atoms with Crippen molar-refractivity contribution in [3.8, 4) is 0 Å². The number of carbonyl (C=O) groups excluding carboxylic acids is 1. The summed E-state index contributed by atoms with van der Waals surface area (Å²) in [6, 6.07) is 5.16. The average Bonchev–Trinajstić information content (AvgIpc) is 2.29. The second-order valence-electron chi connectivity index (χ2n) is 3.50. The Morgan fingerprint density at radius 1 is 1.53 bits per heavy atom. The molecule has 17 heavy (non-hydrogen) atoms. The van der Waals surface area contributed by atoms with Crippen molar-refractivity contribution >= 4 is 33.4 Å². The summed E-state index contributed by atoms with van der Waals surface area (Å²) in [6.07, 6.45) is 0. The molecule has 94 valence electrons. The number of likely N-dealkylation sites (N-methyl/N-ethyl adjacent to an activating group) is 1. The lowest BCUT2D eigenvalue weighted by molar-refractivity contribution is 0.0705. The van der Waals surface area contributed by atoms with Gasteiger partial charge < -0.3 is 9.64 Å². The second-order valence-corrected chi connectivity index (χ2v) is 4.79. The number of ether oxygens (including phenoxy) is 1. The molecular weight excluding hydrogens is 305 g/mol. The van der Waals surface area contributed by atoms with Crippen LogP contribution in [0.5, 0.6) is 0 Å². The first kappa shape index (κ1) is 14.5. The summed E-state index contributed by atoms with van der Waals surface area (Å²) in [5.74, 6) is -0.0203. The molecule has 0 spiro atoms. The van der Waals surface area contributed by atoms with E-state index in [1.54, 1.807) is 30.2 Å². The summed E-state index contributed by atoms with van der Waals surface area (Å²) >= 11 is 9.19. The molecule has 0 atom stereocenters. The SMILES string of the molecule is CCN(CCOC)C(=O)c1ccc(Cl)cc1Br. The van der Waals surface area contributed by atoms with E-state index in [4.69, 9.17) is 16.3 Å². The van der Waals surface area contributed by atoms with Gasteiger partial charge in [0.25, 0.3) is 5.91 Å². The number of hydrogen-bond acceptors (Lipinski definition) is 2. The van der Waals surface area contributed by atoms with E-state index < -0.39 is 0 Å². The van der Waals surface area contributed by atoms with E-state index >= 15 is 0 Å². The summed E-state index contributed by atoms with van der Waals surface area (Å²) in [6.45, 7) is 3.71. The van der Waals surface area contributed by atoms with Gasteiger partial charge in [-0.05, 0) is 41.1 Å². The highest BCUT2D eigenvalue weighted by Crippen LogP contribution is 2.22. The summed E-state index contributed by atoms with van der Waals surface area (Å²) in [7, 11) is 1.62. The molecule has 1 rings (SSSR count). The number of amides is 1. The number of methoxy groups -OCH3 is 1. The summed E-state index contributed by atoms with van der Waals surface area (Å²) in [5, 5.41) is 0.605. The third-order valence-corrected chi connectivity index (χ3v) is 3.29. The first-order valence-electron chi connectivity index (χ1n) is 5.33. The Labute approximate surface area is 115 Å². The van der Waals surface area contributed by atoms with Crippen LogP contribution in [0.2, 0.25) is 5.02 Å². The molecule has 5 heteroatoms. The normalized spacial score (nSPS) is 10.4. The number of carbonyl (C=O) groups is 1. The van der Waals surface area contributed by atoms with Gasteiger partial charge in [-0.3, -0.25) is 4.79 Å². The molecule has 0 saturated carbocycles. The second kappa shape index (κ2) is 6.99. The number of nitrogens with zero attached hydrogens (tertiary/aromatic N) is 1. The molecule has 0 N–H and O–H groups in total. The summed E-state index contributed by atoms with van der Waals surface area (Å²) in [5.41, 5.74) is 0.618. The minimum Gasteiger partial charge on any atom is -0.383 e. The Kier molecular flexibility index (Phi) is 5.95. The minimum absolute atomic E-state index is 0.0203. The fraction of sp³-hybridized carbons (Fsp3) is 0.417. The van der Waals surface area contributed by atoms with Gasteiger partial charge in [0.1, 0.15) is 0 Å². The molecule has 0 aromatic heterocycles. The molecule has 0 unspecified atom stereocenters. The number of hydrogen-bond donors (Lipinski definition) is 0. The van der Waals surface area contributed by atoms with Gasteiger partial charge in [-0.2, -0.15) is 0 Å². The Bertz CT molecular complexity index is 398. The van der Waals surface area contributed by atoms with Crippen molar-refractivity contribution in [1.82, 2.24) is 4.90 Å². The minimum atomic E-state index is -0.0203. The lowest BCUT2D eigenvalue weighted by Gasteiger charge is -2.21. The standard InChI is InChI=1S/C12H15BrClNO2/c1-3-15(6-7-17-2)12(16)10-5-4-9(14)8-11(10)13/h4-5,8H,3,6-7H2,1-2H3. The van der Waals surface area contributed by atoms with Crippen LogP contribution in [0.1, 0.15) is 17.3 Å². The van der Waals surface area contributed by atoms with Crippen LogP contribution in [0.15, 0.2) is 22.7 Å². The summed E-state index contributed by atoms with van der Waals surface area (Å²) in [4.78, 5) is 13.9. The Balaban J connectivity index is 2.86. The molecule has 0 heterocycles. The summed E-state index contributed by atoms with van der Waals surface area (Å²) < 4.78 is 5.70. The molecule has 0 aliphatic carbocycles. The Morgan fingerprint density at radius 2 is 2.24 bits per heavy atom. The molecule has 3 nitrogen and oxygen atoms in total. The molecule has 0 saturated heterocycles. The van der Waals surface area contributed by atoms with Crippen LogP contribution < -0.4 is 0 Å². The molecule has 0 fully saturated rings. The lowest BCUT2D eigenvalue weighted by atomic mass is 10.2. The van der Waals surface area contributed by atoms with Crippen LogP contribution >= 0.6 is 27.5 Å². The number of benzene rings is 1. The van der Waals surface area contributed by atoms with Crippen molar-refractivity contribution in [3.63, 3.8) is 0 Å². The lowest BCUT2D eigenvalue weighted by Crippen LogP contribution is -2.33. The van der Waals surface area contributed by atoms with Crippen molar-refractivity contribution in [2.75, 3.05) is 26.8 Å². The monoisotopic (exact) mass is 319 g/mol. The fourth-order valence-electron chi connectivity index (χ4n) is 1.44. The zero-order chi connectivity index (χ0) is 12.8. The molecule has 1 aromatic carbocycles. The first-order chi connectivity index (χ1) is 8.10. The molecule has 0 aliphatic heterocycles. The maximum absolute atomic E-state index is 12.2.